The van der Waals surface area contributed by atoms with Crippen molar-refractivity contribution in [2.75, 3.05) is 17.6 Å². The number of rotatable bonds is 14. The molecule has 2 aromatic rings. The van der Waals surface area contributed by atoms with Gasteiger partial charge in [0, 0.05) is 24.3 Å². The van der Waals surface area contributed by atoms with Gasteiger partial charge in [-0.1, -0.05) is 59.2 Å². The number of halogens is 2. The molecule has 0 aliphatic heterocycles. The van der Waals surface area contributed by atoms with Crippen LogP contribution in [0.5, 0.6) is 0 Å². The largest absolute Gasteiger partial charge is 0.480 e. The first-order chi connectivity index (χ1) is 18.0. The summed E-state index contributed by atoms with van der Waals surface area (Å²) in [5.74, 6) is -4.23. The quantitative estimate of drug-likeness (QED) is 0.192. The molecule has 0 saturated heterocycles. The molecule has 2 atom stereocenters. The molecular formula is C24H26Cl2N4O7S. The number of para-hydroxylation sites is 2. The van der Waals surface area contributed by atoms with Crippen molar-refractivity contribution in [1.29, 1.82) is 0 Å². The highest BCUT2D eigenvalue weighted by Gasteiger charge is 2.24. The monoisotopic (exact) mass is 584 g/mol. The zero-order valence-electron chi connectivity index (χ0n) is 19.9. The summed E-state index contributed by atoms with van der Waals surface area (Å²) >= 11 is 13.2. The summed E-state index contributed by atoms with van der Waals surface area (Å²) in [6.45, 7) is -0.683. The van der Waals surface area contributed by atoms with E-state index in [1.54, 1.807) is 42.5 Å². The molecule has 7 N–H and O–H groups in total. The van der Waals surface area contributed by atoms with E-state index in [-0.39, 0.29) is 30.1 Å². The first kappa shape index (κ1) is 30.9. The number of carbonyl (C=O) groups excluding carboxylic acids is 3. The number of thioether (sulfide) groups is 1. The van der Waals surface area contributed by atoms with Crippen molar-refractivity contribution in [2.45, 2.75) is 31.3 Å². The molecule has 0 saturated carbocycles. The van der Waals surface area contributed by atoms with Crippen molar-refractivity contribution >= 4 is 75.2 Å². The van der Waals surface area contributed by atoms with E-state index in [9.17, 15) is 24.0 Å². The lowest BCUT2D eigenvalue weighted by molar-refractivity contribution is -0.139. The lowest BCUT2D eigenvalue weighted by Crippen LogP contribution is -2.49. The number of carboxylic acid groups (broad SMARTS) is 2. The molecule has 2 aromatic carbocycles. The highest BCUT2D eigenvalue weighted by atomic mass is 35.5. The Balaban J connectivity index is 2.05. The normalized spacial score (nSPS) is 12.2. The van der Waals surface area contributed by atoms with Crippen molar-refractivity contribution in [3.05, 3.63) is 58.1 Å². The first-order valence-electron chi connectivity index (χ1n) is 11.2. The molecule has 0 radical (unpaired) electrons. The van der Waals surface area contributed by atoms with Gasteiger partial charge in [0.1, 0.15) is 18.6 Å². The van der Waals surface area contributed by atoms with Gasteiger partial charge in [0.25, 0.3) is 0 Å². The van der Waals surface area contributed by atoms with Crippen LogP contribution in [0.4, 0.5) is 11.4 Å². The third-order valence-electron chi connectivity index (χ3n) is 5.05. The second-order valence-electron chi connectivity index (χ2n) is 7.95. The van der Waals surface area contributed by atoms with Crippen molar-refractivity contribution < 1.29 is 34.2 Å². The third-order valence-corrected chi connectivity index (χ3v) is 6.65. The summed E-state index contributed by atoms with van der Waals surface area (Å²) in [4.78, 5) is 59.1. The molecule has 38 heavy (non-hydrogen) atoms. The molecule has 0 bridgehead atoms. The van der Waals surface area contributed by atoms with Crippen molar-refractivity contribution in [1.82, 2.24) is 10.6 Å². The number of anilines is 2. The van der Waals surface area contributed by atoms with E-state index in [0.717, 1.165) is 11.8 Å². The second kappa shape index (κ2) is 15.2. The highest BCUT2D eigenvalue weighted by Crippen LogP contribution is 2.33. The first-order valence-corrected chi connectivity index (χ1v) is 12.9. The van der Waals surface area contributed by atoms with Crippen LogP contribution in [0, 0.1) is 0 Å². The minimum atomic E-state index is -1.29. The Bertz CT molecular complexity index is 1180. The number of nitrogens with two attached hydrogens (primary N) is 1. The van der Waals surface area contributed by atoms with Crippen LogP contribution < -0.4 is 21.7 Å². The van der Waals surface area contributed by atoms with Gasteiger partial charge in [0.05, 0.1) is 15.7 Å². The van der Waals surface area contributed by atoms with Crippen LogP contribution in [0.15, 0.2) is 42.5 Å². The number of nitrogens with one attached hydrogen (secondary N) is 3. The van der Waals surface area contributed by atoms with E-state index in [4.69, 9.17) is 39.1 Å². The van der Waals surface area contributed by atoms with Crippen LogP contribution in [-0.2, 0) is 30.4 Å². The fraction of sp³-hybridized carbons (Fsp3) is 0.292. The molecule has 0 heterocycles. The maximum absolute atomic E-state index is 12.8. The molecule has 11 nitrogen and oxygen atoms in total. The molecule has 14 heteroatoms. The minimum Gasteiger partial charge on any atom is -0.480 e. The summed E-state index contributed by atoms with van der Waals surface area (Å²) in [5, 5.41) is 25.8. The Hall–Kier alpha value is -3.32. The molecule has 2 amide bonds. The van der Waals surface area contributed by atoms with E-state index in [1.807, 2.05) is 0 Å². The maximum atomic E-state index is 12.8. The average molecular weight is 585 g/mol. The average Bonchev–Trinajstić information content (AvgIpc) is 2.86. The van der Waals surface area contributed by atoms with Crippen LogP contribution in [0.2, 0.25) is 10.0 Å². The van der Waals surface area contributed by atoms with E-state index >= 15 is 0 Å². The predicted octanol–water partition coefficient (Wildman–Crippen LogP) is 2.42. The molecule has 0 unspecified atom stereocenters. The van der Waals surface area contributed by atoms with Gasteiger partial charge in [-0.25, -0.2) is 0 Å². The Morgan fingerprint density at radius 1 is 0.974 bits per heavy atom. The number of amides is 2. The van der Waals surface area contributed by atoms with Gasteiger partial charge in [-0.05, 0) is 30.2 Å². The van der Waals surface area contributed by atoms with Gasteiger partial charge in [-0.3, -0.25) is 24.0 Å². The second-order valence-corrected chi connectivity index (χ2v) is 9.85. The molecule has 0 aliphatic carbocycles. The molecule has 204 valence electrons. The zero-order chi connectivity index (χ0) is 28.2. The van der Waals surface area contributed by atoms with E-state index in [1.165, 1.54) is 0 Å². The van der Waals surface area contributed by atoms with Gasteiger partial charge in [0.2, 0.25) is 11.8 Å². The Kier molecular flexibility index (Phi) is 12.3. The summed E-state index contributed by atoms with van der Waals surface area (Å²) < 4.78 is 0. The van der Waals surface area contributed by atoms with Crippen LogP contribution in [0.1, 0.15) is 18.4 Å². The number of benzene rings is 2. The standard InChI is InChI=1S/C24H26Cl2N4O7S/c25-14-5-3-6-15(26)22(14)30-17-7-2-1-4-13(17)10-21(34)38-12-18(23(35)28-11-20(32)33)29-19(31)9-8-16(27)24(36)37/h1-7,16,18,30H,8-12,27H2,(H,28,35)(H,29,31)(H,32,33)(H,36,37)/t16-,18-/m0/s1. The van der Waals surface area contributed by atoms with Gasteiger partial charge >= 0.3 is 11.9 Å². The number of hydrogen-bond acceptors (Lipinski definition) is 8. The topological polar surface area (TPSA) is 188 Å². The summed E-state index contributed by atoms with van der Waals surface area (Å²) in [6, 6.07) is 9.52. The fourth-order valence-corrected chi connectivity index (χ4v) is 4.41. The number of aliphatic carboxylic acids is 2. The van der Waals surface area contributed by atoms with Gasteiger partial charge in [-0.15, -0.1) is 0 Å². The van der Waals surface area contributed by atoms with E-state index in [0.29, 0.717) is 27.0 Å². The molecule has 0 fully saturated rings. The molecular weight excluding hydrogens is 559 g/mol. The molecule has 2 rings (SSSR count). The lowest BCUT2D eigenvalue weighted by atomic mass is 10.1. The maximum Gasteiger partial charge on any atom is 0.322 e. The summed E-state index contributed by atoms with van der Waals surface area (Å²) in [7, 11) is 0. The number of carboxylic acids is 2. The van der Waals surface area contributed by atoms with E-state index in [2.05, 4.69) is 16.0 Å². The Morgan fingerprint density at radius 2 is 1.63 bits per heavy atom. The van der Waals surface area contributed by atoms with Crippen LogP contribution in [0.3, 0.4) is 0 Å². The van der Waals surface area contributed by atoms with Gasteiger partial charge in [-0.2, -0.15) is 0 Å². The number of hydrogen-bond donors (Lipinski definition) is 6. The van der Waals surface area contributed by atoms with Gasteiger partial charge < -0.3 is 31.9 Å². The molecule has 0 aromatic heterocycles. The van der Waals surface area contributed by atoms with Crippen LogP contribution >= 0.6 is 35.0 Å². The Labute approximate surface area is 232 Å². The van der Waals surface area contributed by atoms with E-state index < -0.39 is 42.4 Å². The Morgan fingerprint density at radius 3 is 2.26 bits per heavy atom. The number of carbonyl (C=O) groups is 5. The SMILES string of the molecule is N[C@@H](CCC(=O)N[C@@H](CSC(=O)Cc1ccccc1Nc1c(Cl)cccc1Cl)C(=O)NCC(=O)O)C(=O)O. The lowest BCUT2D eigenvalue weighted by Gasteiger charge is -2.18. The summed E-state index contributed by atoms with van der Waals surface area (Å²) in [6.07, 6.45) is -0.491. The minimum absolute atomic E-state index is 0.0409. The fourth-order valence-electron chi connectivity index (χ4n) is 3.08. The third kappa shape index (κ3) is 10.2. The summed E-state index contributed by atoms with van der Waals surface area (Å²) in [5.41, 5.74) is 7.09. The smallest absolute Gasteiger partial charge is 0.322 e. The predicted molar refractivity (Wildman–Crippen MR) is 145 cm³/mol. The molecule has 0 spiro atoms. The van der Waals surface area contributed by atoms with Crippen LogP contribution in [-0.4, -0.2) is 63.5 Å². The zero-order valence-corrected chi connectivity index (χ0v) is 22.2. The van der Waals surface area contributed by atoms with Crippen molar-refractivity contribution in [3.8, 4) is 0 Å². The highest BCUT2D eigenvalue weighted by molar-refractivity contribution is 8.13. The van der Waals surface area contributed by atoms with Crippen LogP contribution in [0.25, 0.3) is 0 Å². The molecule has 0 aliphatic rings. The van der Waals surface area contributed by atoms with Gasteiger partial charge in [0.15, 0.2) is 5.12 Å². The van der Waals surface area contributed by atoms with Crippen molar-refractivity contribution in [2.24, 2.45) is 5.73 Å². The van der Waals surface area contributed by atoms with Crippen molar-refractivity contribution in [3.63, 3.8) is 0 Å².